The highest BCUT2D eigenvalue weighted by atomic mass is 16.5. The van der Waals surface area contributed by atoms with Crippen molar-refractivity contribution in [3.8, 4) is 5.75 Å². The van der Waals surface area contributed by atoms with Crippen molar-refractivity contribution in [2.75, 3.05) is 6.61 Å². The third-order valence-corrected chi connectivity index (χ3v) is 9.40. The summed E-state index contributed by atoms with van der Waals surface area (Å²) in [6.07, 6.45) is 30.0. The molecule has 2 aliphatic carbocycles. The highest BCUT2D eigenvalue weighted by molar-refractivity contribution is 5.27. The van der Waals surface area contributed by atoms with E-state index in [4.69, 9.17) is 4.74 Å². The SMILES string of the molecule is CCCCCC[C@H]1CC[C@H](CCc2ccc(OCCC[C@H]3CC[C@H](CCCCC)CC3)cc2)CC1. The van der Waals surface area contributed by atoms with Crippen LogP contribution in [-0.2, 0) is 6.42 Å². The monoisotopic (exact) mass is 482 g/mol. The molecular weight excluding hydrogens is 424 g/mol. The van der Waals surface area contributed by atoms with Gasteiger partial charge < -0.3 is 4.74 Å². The van der Waals surface area contributed by atoms with Crippen LogP contribution in [0.2, 0.25) is 0 Å². The Morgan fingerprint density at radius 3 is 1.54 bits per heavy atom. The van der Waals surface area contributed by atoms with Crippen LogP contribution in [0.5, 0.6) is 5.75 Å². The zero-order valence-corrected chi connectivity index (χ0v) is 23.6. The predicted octanol–water partition coefficient (Wildman–Crippen LogP) is 10.9. The van der Waals surface area contributed by atoms with E-state index in [0.717, 1.165) is 36.0 Å². The number of hydrogen-bond acceptors (Lipinski definition) is 1. The number of unbranched alkanes of at least 4 members (excludes halogenated alkanes) is 5. The van der Waals surface area contributed by atoms with Crippen molar-refractivity contribution < 1.29 is 4.74 Å². The first-order valence-electron chi connectivity index (χ1n) is 16.0. The molecule has 3 rings (SSSR count). The second-order valence-corrected chi connectivity index (χ2v) is 12.3. The van der Waals surface area contributed by atoms with Crippen molar-refractivity contribution >= 4 is 0 Å². The first-order valence-corrected chi connectivity index (χ1v) is 16.0. The van der Waals surface area contributed by atoms with Gasteiger partial charge in [-0.25, -0.2) is 0 Å². The molecule has 0 amide bonds. The van der Waals surface area contributed by atoms with Gasteiger partial charge in [-0.3, -0.25) is 0 Å². The van der Waals surface area contributed by atoms with E-state index >= 15 is 0 Å². The van der Waals surface area contributed by atoms with Gasteiger partial charge in [0, 0.05) is 0 Å². The van der Waals surface area contributed by atoms with Crippen LogP contribution in [0.15, 0.2) is 24.3 Å². The van der Waals surface area contributed by atoms with Crippen molar-refractivity contribution in [3.05, 3.63) is 29.8 Å². The normalized spacial score (nSPS) is 25.0. The summed E-state index contributed by atoms with van der Waals surface area (Å²) in [5.41, 5.74) is 1.50. The van der Waals surface area contributed by atoms with Crippen LogP contribution in [0.25, 0.3) is 0 Å². The zero-order chi connectivity index (χ0) is 24.6. The summed E-state index contributed by atoms with van der Waals surface area (Å²) in [7, 11) is 0. The van der Waals surface area contributed by atoms with Gasteiger partial charge in [0.05, 0.1) is 6.61 Å². The van der Waals surface area contributed by atoms with E-state index in [1.54, 1.807) is 0 Å². The molecule has 0 aliphatic heterocycles. The van der Waals surface area contributed by atoms with E-state index in [-0.39, 0.29) is 0 Å². The minimum Gasteiger partial charge on any atom is -0.494 e. The van der Waals surface area contributed by atoms with Crippen molar-refractivity contribution in [2.45, 2.75) is 149 Å². The summed E-state index contributed by atoms with van der Waals surface area (Å²) in [5, 5.41) is 0. The van der Waals surface area contributed by atoms with Crippen LogP contribution in [0.1, 0.15) is 148 Å². The summed E-state index contributed by atoms with van der Waals surface area (Å²) in [4.78, 5) is 0. The first-order chi connectivity index (χ1) is 17.3. The lowest BCUT2D eigenvalue weighted by Gasteiger charge is -2.28. The molecule has 0 heterocycles. The minimum atomic E-state index is 0.886. The number of rotatable bonds is 17. The molecule has 0 atom stereocenters. The van der Waals surface area contributed by atoms with E-state index in [1.165, 1.54) is 140 Å². The summed E-state index contributed by atoms with van der Waals surface area (Å²) >= 11 is 0. The highest BCUT2D eigenvalue weighted by Crippen LogP contribution is 2.35. The van der Waals surface area contributed by atoms with Crippen LogP contribution in [-0.4, -0.2) is 6.61 Å². The molecule has 0 aromatic heterocycles. The van der Waals surface area contributed by atoms with E-state index in [0.29, 0.717) is 0 Å². The number of benzene rings is 1. The molecule has 2 saturated carbocycles. The van der Waals surface area contributed by atoms with Gasteiger partial charge in [-0.2, -0.15) is 0 Å². The maximum Gasteiger partial charge on any atom is 0.119 e. The fourth-order valence-corrected chi connectivity index (χ4v) is 6.85. The molecular formula is C34H58O. The second kappa shape index (κ2) is 17.5. The van der Waals surface area contributed by atoms with E-state index in [2.05, 4.69) is 38.1 Å². The van der Waals surface area contributed by atoms with E-state index in [9.17, 15) is 0 Å². The molecule has 0 bridgehead atoms. The molecule has 1 aromatic carbocycles. The fourth-order valence-electron chi connectivity index (χ4n) is 6.85. The van der Waals surface area contributed by atoms with Crippen molar-refractivity contribution in [2.24, 2.45) is 23.7 Å². The Bertz CT molecular complexity index is 618. The summed E-state index contributed by atoms with van der Waals surface area (Å²) in [6.45, 7) is 5.51. The molecule has 1 nitrogen and oxygen atoms in total. The van der Waals surface area contributed by atoms with Gasteiger partial charge in [0.15, 0.2) is 0 Å². The standard InChI is InChI=1S/C34H58O/c1-3-5-7-9-12-30-18-20-32(21-19-30)22-23-33-24-26-34(27-25-33)35-28-10-13-31-16-14-29(15-17-31)11-8-6-4-2/h24-27,29-32H,3-23,28H2,1-2H3/t29-,30-,31-,32-. The predicted molar refractivity (Wildman–Crippen MR) is 153 cm³/mol. The molecule has 0 radical (unpaired) electrons. The highest BCUT2D eigenvalue weighted by Gasteiger charge is 2.21. The zero-order valence-electron chi connectivity index (χ0n) is 23.6. The van der Waals surface area contributed by atoms with Crippen LogP contribution in [0, 0.1) is 23.7 Å². The summed E-state index contributed by atoms with van der Waals surface area (Å²) in [6, 6.07) is 9.05. The third-order valence-electron chi connectivity index (χ3n) is 9.40. The molecule has 0 N–H and O–H groups in total. The van der Waals surface area contributed by atoms with E-state index < -0.39 is 0 Å². The second-order valence-electron chi connectivity index (χ2n) is 12.3. The minimum absolute atomic E-state index is 0.886. The molecule has 2 fully saturated rings. The van der Waals surface area contributed by atoms with E-state index in [1.807, 2.05) is 0 Å². The van der Waals surface area contributed by atoms with Crippen LogP contribution >= 0.6 is 0 Å². The van der Waals surface area contributed by atoms with Gasteiger partial charge in [0.2, 0.25) is 0 Å². The lowest BCUT2D eigenvalue weighted by Crippen LogP contribution is -2.15. The van der Waals surface area contributed by atoms with Crippen LogP contribution in [0.3, 0.4) is 0 Å². The summed E-state index contributed by atoms with van der Waals surface area (Å²) < 4.78 is 6.09. The largest absolute Gasteiger partial charge is 0.494 e. The molecule has 1 aromatic rings. The molecule has 1 heteroatoms. The Hall–Kier alpha value is -0.980. The average Bonchev–Trinajstić information content (AvgIpc) is 2.90. The molecule has 35 heavy (non-hydrogen) atoms. The average molecular weight is 483 g/mol. The Kier molecular flexibility index (Phi) is 14.3. The lowest BCUT2D eigenvalue weighted by atomic mass is 9.78. The Morgan fingerprint density at radius 1 is 0.543 bits per heavy atom. The van der Waals surface area contributed by atoms with Gasteiger partial charge in [-0.1, -0.05) is 135 Å². The van der Waals surface area contributed by atoms with Crippen molar-refractivity contribution in [1.82, 2.24) is 0 Å². The molecule has 200 valence electrons. The molecule has 2 aliphatic rings. The quantitative estimate of drug-likeness (QED) is 0.201. The van der Waals surface area contributed by atoms with Gasteiger partial charge in [0.1, 0.15) is 5.75 Å². The first kappa shape index (κ1) is 28.6. The number of ether oxygens (including phenoxy) is 1. The van der Waals surface area contributed by atoms with Gasteiger partial charge in [-0.05, 0) is 67.1 Å². The van der Waals surface area contributed by atoms with Crippen molar-refractivity contribution in [3.63, 3.8) is 0 Å². The number of hydrogen-bond donors (Lipinski definition) is 0. The van der Waals surface area contributed by atoms with Crippen molar-refractivity contribution in [1.29, 1.82) is 0 Å². The topological polar surface area (TPSA) is 9.23 Å². The van der Waals surface area contributed by atoms with Crippen LogP contribution in [0.4, 0.5) is 0 Å². The summed E-state index contributed by atoms with van der Waals surface area (Å²) in [5.74, 6) is 5.05. The molecule has 0 spiro atoms. The van der Waals surface area contributed by atoms with Crippen LogP contribution < -0.4 is 4.74 Å². The fraction of sp³-hybridized carbons (Fsp3) is 0.824. The van der Waals surface area contributed by atoms with Gasteiger partial charge >= 0.3 is 0 Å². The Balaban J connectivity index is 1.20. The lowest BCUT2D eigenvalue weighted by molar-refractivity contribution is 0.228. The van der Waals surface area contributed by atoms with Gasteiger partial charge in [-0.15, -0.1) is 0 Å². The maximum atomic E-state index is 6.09. The Labute approximate surface area is 219 Å². The maximum absolute atomic E-state index is 6.09. The number of aryl methyl sites for hydroxylation is 1. The molecule has 0 saturated heterocycles. The third kappa shape index (κ3) is 11.7. The Morgan fingerprint density at radius 2 is 1.00 bits per heavy atom. The smallest absolute Gasteiger partial charge is 0.119 e. The van der Waals surface area contributed by atoms with Gasteiger partial charge in [0.25, 0.3) is 0 Å². The molecule has 0 unspecified atom stereocenters.